The lowest BCUT2D eigenvalue weighted by molar-refractivity contribution is -0.137. The number of hydrogen-bond donors (Lipinski definition) is 2. The fourth-order valence-corrected chi connectivity index (χ4v) is 3.34. The molecular formula is C19H17N3O3. The van der Waals surface area contributed by atoms with E-state index in [4.69, 9.17) is 10.1 Å². The molecule has 0 spiro atoms. The topological polar surface area (TPSA) is 97.4 Å². The second-order valence-corrected chi connectivity index (χ2v) is 6.01. The molecule has 2 N–H and O–H groups in total. The fraction of sp³-hybridized carbons (Fsp3) is 0.211. The van der Waals surface area contributed by atoms with Crippen molar-refractivity contribution >= 4 is 11.8 Å². The van der Waals surface area contributed by atoms with Crippen LogP contribution in [-0.2, 0) is 16.1 Å². The molecule has 3 rings (SSSR count). The zero-order valence-corrected chi connectivity index (χ0v) is 13.9. The van der Waals surface area contributed by atoms with Gasteiger partial charge in [0.2, 0.25) is 0 Å². The molecule has 0 fully saturated rings. The molecule has 0 saturated carbocycles. The van der Waals surface area contributed by atoms with Crippen LogP contribution in [0.5, 0.6) is 0 Å². The average molecular weight is 335 g/mol. The quantitative estimate of drug-likeness (QED) is 0.828. The third kappa shape index (κ3) is 2.41. The highest BCUT2D eigenvalue weighted by molar-refractivity contribution is 6.08. The molecule has 1 aromatic rings. The summed E-state index contributed by atoms with van der Waals surface area (Å²) in [6.45, 7) is 2.10. The molecule has 1 unspecified atom stereocenters. The standard InChI is InChI=1S/C19H17N3O3/c1-19-15(8-13(23)9-16(19)18(24)25-2)14(10-20)17(21)22(19)11-12-6-4-3-5-7-12/h3-9,21,23H,11H2,1-2H3. The molecule has 0 aromatic heterocycles. The number of ether oxygens (including phenoxy) is 1. The van der Waals surface area contributed by atoms with Crippen LogP contribution in [0.2, 0.25) is 0 Å². The Hall–Kier alpha value is -3.33. The Morgan fingerprint density at radius 3 is 2.64 bits per heavy atom. The summed E-state index contributed by atoms with van der Waals surface area (Å²) in [6, 6.07) is 11.5. The van der Waals surface area contributed by atoms with Crippen molar-refractivity contribution in [2.24, 2.45) is 0 Å². The maximum Gasteiger partial charge on any atom is 0.336 e. The Balaban J connectivity index is 2.16. The van der Waals surface area contributed by atoms with Gasteiger partial charge in [-0.2, -0.15) is 5.26 Å². The predicted molar refractivity (Wildman–Crippen MR) is 91.6 cm³/mol. The molecule has 2 aliphatic rings. The second kappa shape index (κ2) is 5.95. The molecule has 1 heterocycles. The fourth-order valence-electron chi connectivity index (χ4n) is 3.34. The molecule has 6 nitrogen and oxygen atoms in total. The molecule has 25 heavy (non-hydrogen) atoms. The molecule has 1 aliphatic heterocycles. The van der Waals surface area contributed by atoms with E-state index < -0.39 is 11.5 Å². The van der Waals surface area contributed by atoms with Gasteiger partial charge in [-0.3, -0.25) is 5.41 Å². The molecule has 0 amide bonds. The summed E-state index contributed by atoms with van der Waals surface area (Å²) in [5.74, 6) is -0.732. The number of carbonyl (C=O) groups excluding carboxylic acids is 1. The molecule has 0 radical (unpaired) electrons. The second-order valence-electron chi connectivity index (χ2n) is 6.01. The zero-order valence-electron chi connectivity index (χ0n) is 13.9. The van der Waals surface area contributed by atoms with Gasteiger partial charge in [0.1, 0.15) is 17.7 Å². The smallest absolute Gasteiger partial charge is 0.336 e. The van der Waals surface area contributed by atoms with Crippen molar-refractivity contribution in [1.82, 2.24) is 4.90 Å². The van der Waals surface area contributed by atoms with Gasteiger partial charge < -0.3 is 14.7 Å². The number of esters is 1. The van der Waals surface area contributed by atoms with Crippen LogP contribution in [0.15, 0.2) is 65.0 Å². The monoisotopic (exact) mass is 335 g/mol. The van der Waals surface area contributed by atoms with E-state index in [0.29, 0.717) is 12.1 Å². The maximum absolute atomic E-state index is 12.3. The number of methoxy groups -OCH3 is 1. The summed E-state index contributed by atoms with van der Waals surface area (Å²) in [5, 5.41) is 28.0. The first-order valence-electron chi connectivity index (χ1n) is 7.70. The van der Waals surface area contributed by atoms with E-state index in [1.807, 2.05) is 36.4 Å². The molecule has 6 heteroatoms. The van der Waals surface area contributed by atoms with Crippen molar-refractivity contribution in [2.75, 3.05) is 7.11 Å². The number of amidine groups is 1. The van der Waals surface area contributed by atoms with E-state index in [9.17, 15) is 15.2 Å². The van der Waals surface area contributed by atoms with Crippen molar-refractivity contribution < 1.29 is 14.6 Å². The number of hydrogen-bond acceptors (Lipinski definition) is 5. The number of benzene rings is 1. The molecule has 1 aliphatic carbocycles. The van der Waals surface area contributed by atoms with E-state index in [1.54, 1.807) is 11.8 Å². The third-order valence-corrected chi connectivity index (χ3v) is 4.65. The van der Waals surface area contributed by atoms with E-state index in [1.165, 1.54) is 19.3 Å². The number of nitrogens with one attached hydrogen (secondary N) is 1. The van der Waals surface area contributed by atoms with Crippen LogP contribution in [0.25, 0.3) is 0 Å². The average Bonchev–Trinajstić information content (AvgIpc) is 2.82. The van der Waals surface area contributed by atoms with Gasteiger partial charge in [-0.15, -0.1) is 0 Å². The summed E-state index contributed by atoms with van der Waals surface area (Å²) in [6.07, 6.45) is 2.77. The number of nitrogens with zero attached hydrogens (tertiary/aromatic N) is 2. The van der Waals surface area contributed by atoms with E-state index >= 15 is 0 Å². The Bertz CT molecular complexity index is 890. The van der Waals surface area contributed by atoms with Gasteiger partial charge in [0.25, 0.3) is 0 Å². The third-order valence-electron chi connectivity index (χ3n) is 4.65. The lowest BCUT2D eigenvalue weighted by Crippen LogP contribution is -2.49. The molecule has 126 valence electrons. The Morgan fingerprint density at radius 2 is 2.04 bits per heavy atom. The van der Waals surface area contributed by atoms with Crippen molar-refractivity contribution in [1.29, 1.82) is 10.7 Å². The first kappa shape index (κ1) is 16.5. The highest BCUT2D eigenvalue weighted by atomic mass is 16.5. The van der Waals surface area contributed by atoms with Gasteiger partial charge in [0.05, 0.1) is 23.8 Å². The number of rotatable bonds is 3. The highest BCUT2D eigenvalue weighted by Gasteiger charge is 2.52. The number of allylic oxidation sites excluding steroid dienone is 1. The SMILES string of the molecule is COC(=O)C1=CC(O)=CC2=C(C#N)C(=N)N(Cc3ccccc3)C12C. The minimum atomic E-state index is -1.06. The summed E-state index contributed by atoms with van der Waals surface area (Å²) in [7, 11) is 1.26. The summed E-state index contributed by atoms with van der Waals surface area (Å²) >= 11 is 0. The molecule has 0 bridgehead atoms. The van der Waals surface area contributed by atoms with Gasteiger partial charge in [-0.05, 0) is 24.6 Å². The van der Waals surface area contributed by atoms with Crippen LogP contribution >= 0.6 is 0 Å². The Morgan fingerprint density at radius 1 is 1.36 bits per heavy atom. The molecule has 0 saturated heterocycles. The maximum atomic E-state index is 12.3. The lowest BCUT2D eigenvalue weighted by Gasteiger charge is -2.40. The number of aliphatic hydroxyl groups excluding tert-OH is 1. The summed E-state index contributed by atoms with van der Waals surface area (Å²) < 4.78 is 4.87. The van der Waals surface area contributed by atoms with Crippen LogP contribution < -0.4 is 0 Å². The normalized spacial score (nSPS) is 22.1. The van der Waals surface area contributed by atoms with Crippen LogP contribution in [0, 0.1) is 16.7 Å². The minimum absolute atomic E-state index is 0.0182. The highest BCUT2D eigenvalue weighted by Crippen LogP contribution is 2.45. The van der Waals surface area contributed by atoms with Crippen molar-refractivity contribution in [3.8, 4) is 6.07 Å². The van der Waals surface area contributed by atoms with Crippen LogP contribution in [-0.4, -0.2) is 34.5 Å². The molecule has 1 aromatic carbocycles. The van der Waals surface area contributed by atoms with E-state index in [-0.39, 0.29) is 22.7 Å². The number of nitriles is 1. The van der Waals surface area contributed by atoms with Crippen LogP contribution in [0.3, 0.4) is 0 Å². The van der Waals surface area contributed by atoms with E-state index in [2.05, 4.69) is 0 Å². The van der Waals surface area contributed by atoms with Gasteiger partial charge in [-0.25, -0.2) is 4.79 Å². The largest absolute Gasteiger partial charge is 0.508 e. The summed E-state index contributed by atoms with van der Waals surface area (Å²) in [5.41, 5.74) is 0.638. The van der Waals surface area contributed by atoms with Gasteiger partial charge >= 0.3 is 5.97 Å². The van der Waals surface area contributed by atoms with Crippen molar-refractivity contribution in [2.45, 2.75) is 19.0 Å². The minimum Gasteiger partial charge on any atom is -0.508 e. The van der Waals surface area contributed by atoms with Crippen molar-refractivity contribution in [3.05, 3.63) is 70.5 Å². The van der Waals surface area contributed by atoms with E-state index in [0.717, 1.165) is 5.56 Å². The predicted octanol–water partition coefficient (Wildman–Crippen LogP) is 2.61. The Labute approximate surface area is 145 Å². The number of aliphatic hydroxyl groups is 1. The van der Waals surface area contributed by atoms with Gasteiger partial charge in [-0.1, -0.05) is 30.3 Å². The number of carbonyl (C=O) groups is 1. The first-order chi connectivity index (χ1) is 11.9. The molecular weight excluding hydrogens is 318 g/mol. The number of fused-ring (bicyclic) bond motifs is 1. The van der Waals surface area contributed by atoms with Crippen LogP contribution in [0.4, 0.5) is 0 Å². The van der Waals surface area contributed by atoms with Crippen LogP contribution in [0.1, 0.15) is 12.5 Å². The van der Waals surface area contributed by atoms with Gasteiger partial charge in [0.15, 0.2) is 0 Å². The lowest BCUT2D eigenvalue weighted by atomic mass is 9.79. The van der Waals surface area contributed by atoms with Gasteiger partial charge in [0, 0.05) is 12.1 Å². The Kier molecular flexibility index (Phi) is 3.93. The summed E-state index contributed by atoms with van der Waals surface area (Å²) in [4.78, 5) is 14.0. The zero-order chi connectivity index (χ0) is 18.2. The molecule has 1 atom stereocenters. The first-order valence-corrected chi connectivity index (χ1v) is 7.70. The van der Waals surface area contributed by atoms with Crippen molar-refractivity contribution in [3.63, 3.8) is 0 Å².